The summed E-state index contributed by atoms with van der Waals surface area (Å²) in [5, 5.41) is 16.0. The first kappa shape index (κ1) is 23.4. The summed E-state index contributed by atoms with van der Waals surface area (Å²) >= 11 is 6.99. The molecule has 164 valence electrons. The Bertz CT molecular complexity index is 1120. The van der Waals surface area contributed by atoms with Gasteiger partial charge in [0, 0.05) is 16.6 Å². The van der Waals surface area contributed by atoms with E-state index in [-0.39, 0.29) is 22.3 Å². The van der Waals surface area contributed by atoms with Gasteiger partial charge in [0.1, 0.15) is 5.92 Å². The molecule has 0 aromatic heterocycles. The summed E-state index contributed by atoms with van der Waals surface area (Å²) < 4.78 is 4.81. The first-order valence-corrected chi connectivity index (χ1v) is 11.0. The van der Waals surface area contributed by atoms with Crippen molar-refractivity contribution in [2.45, 2.75) is 12.8 Å². The Morgan fingerprint density at radius 1 is 1.22 bits per heavy atom. The highest BCUT2D eigenvalue weighted by Crippen LogP contribution is 2.40. The molecule has 0 spiro atoms. The zero-order chi connectivity index (χ0) is 23.3. The van der Waals surface area contributed by atoms with Crippen LogP contribution in [0.5, 0.6) is 0 Å². The molecule has 2 amide bonds. The first-order chi connectivity index (χ1) is 15.3. The molecule has 0 saturated carbocycles. The van der Waals surface area contributed by atoms with Gasteiger partial charge < -0.3 is 15.4 Å². The molecule has 0 fully saturated rings. The van der Waals surface area contributed by atoms with Crippen LogP contribution >= 0.6 is 23.4 Å². The average Bonchev–Trinajstić information content (AvgIpc) is 2.78. The number of carbonyl (C=O) groups excluding carboxylic acids is 3. The number of rotatable bonds is 6. The van der Waals surface area contributed by atoms with E-state index in [1.54, 1.807) is 30.3 Å². The quantitative estimate of drug-likeness (QED) is 0.492. The SMILES string of the molecule is COC(=O)C1C(=O)NC(SCC(=O)Nc2ccccc2C)=C(C#N)C1c1ccc(Cl)cc1. The number of amides is 2. The summed E-state index contributed by atoms with van der Waals surface area (Å²) in [6, 6.07) is 16.0. The Kier molecular flexibility index (Phi) is 7.57. The molecule has 1 heterocycles. The maximum absolute atomic E-state index is 12.8. The zero-order valence-corrected chi connectivity index (χ0v) is 18.9. The number of esters is 1. The molecular formula is C23H20ClN3O4S. The van der Waals surface area contributed by atoms with Crippen molar-refractivity contribution in [1.82, 2.24) is 5.32 Å². The van der Waals surface area contributed by atoms with Crippen molar-refractivity contribution in [2.75, 3.05) is 18.2 Å². The number of para-hydroxylation sites is 1. The molecule has 0 aliphatic carbocycles. The van der Waals surface area contributed by atoms with Crippen molar-refractivity contribution in [3.05, 3.63) is 75.3 Å². The molecule has 2 aromatic rings. The molecule has 2 unspecified atom stereocenters. The van der Waals surface area contributed by atoms with Crippen molar-refractivity contribution in [1.29, 1.82) is 5.26 Å². The smallest absolute Gasteiger partial charge is 0.319 e. The number of aryl methyl sites for hydroxylation is 1. The van der Waals surface area contributed by atoms with E-state index in [9.17, 15) is 19.6 Å². The largest absolute Gasteiger partial charge is 0.468 e. The Hall–Kier alpha value is -3.28. The van der Waals surface area contributed by atoms with Gasteiger partial charge in [0.2, 0.25) is 11.8 Å². The van der Waals surface area contributed by atoms with Crippen molar-refractivity contribution in [2.24, 2.45) is 5.92 Å². The van der Waals surface area contributed by atoms with Crippen LogP contribution in [0.1, 0.15) is 17.0 Å². The molecule has 2 N–H and O–H groups in total. The van der Waals surface area contributed by atoms with Crippen LogP contribution in [0, 0.1) is 24.2 Å². The molecule has 0 saturated heterocycles. The van der Waals surface area contributed by atoms with Gasteiger partial charge in [-0.25, -0.2) is 0 Å². The van der Waals surface area contributed by atoms with E-state index < -0.39 is 23.7 Å². The van der Waals surface area contributed by atoms with Gasteiger partial charge >= 0.3 is 5.97 Å². The van der Waals surface area contributed by atoms with E-state index in [0.29, 0.717) is 16.3 Å². The Morgan fingerprint density at radius 3 is 2.53 bits per heavy atom. The van der Waals surface area contributed by atoms with Gasteiger partial charge in [-0.05, 0) is 36.2 Å². The van der Waals surface area contributed by atoms with Crippen LogP contribution in [0.2, 0.25) is 5.02 Å². The second-order valence-corrected chi connectivity index (χ2v) is 8.45. The monoisotopic (exact) mass is 469 g/mol. The van der Waals surface area contributed by atoms with Gasteiger partial charge in [-0.3, -0.25) is 14.4 Å². The minimum Gasteiger partial charge on any atom is -0.468 e. The fourth-order valence-corrected chi connectivity index (χ4v) is 4.36. The van der Waals surface area contributed by atoms with Crippen LogP contribution in [0.25, 0.3) is 0 Å². The summed E-state index contributed by atoms with van der Waals surface area (Å²) in [7, 11) is 1.18. The van der Waals surface area contributed by atoms with Crippen LogP contribution in [0.15, 0.2) is 59.1 Å². The molecule has 9 heteroatoms. The lowest BCUT2D eigenvalue weighted by atomic mass is 9.78. The van der Waals surface area contributed by atoms with Gasteiger partial charge in [0.15, 0.2) is 0 Å². The fourth-order valence-electron chi connectivity index (χ4n) is 3.39. The lowest BCUT2D eigenvalue weighted by Crippen LogP contribution is -2.44. The second-order valence-electron chi connectivity index (χ2n) is 7.03. The topological polar surface area (TPSA) is 108 Å². The number of anilines is 1. The molecule has 2 aromatic carbocycles. The Balaban J connectivity index is 1.89. The molecule has 0 bridgehead atoms. The normalized spacial score (nSPS) is 17.9. The molecule has 7 nitrogen and oxygen atoms in total. The first-order valence-electron chi connectivity index (χ1n) is 9.62. The molecule has 3 rings (SSSR count). The van der Waals surface area contributed by atoms with E-state index >= 15 is 0 Å². The number of hydrogen-bond acceptors (Lipinski definition) is 6. The number of carbonyl (C=O) groups is 3. The van der Waals surface area contributed by atoms with Crippen LogP contribution < -0.4 is 10.6 Å². The van der Waals surface area contributed by atoms with E-state index in [2.05, 4.69) is 16.7 Å². The fraction of sp³-hybridized carbons (Fsp3) is 0.217. The van der Waals surface area contributed by atoms with Gasteiger partial charge in [-0.1, -0.05) is 53.7 Å². The summed E-state index contributed by atoms with van der Waals surface area (Å²) in [5.74, 6) is -3.78. The number of nitrogens with zero attached hydrogens (tertiary/aromatic N) is 1. The lowest BCUT2D eigenvalue weighted by Gasteiger charge is -2.30. The number of methoxy groups -OCH3 is 1. The number of ether oxygens (including phenoxy) is 1. The number of hydrogen-bond donors (Lipinski definition) is 2. The molecule has 1 aliphatic heterocycles. The van der Waals surface area contributed by atoms with Crippen molar-refractivity contribution in [3.63, 3.8) is 0 Å². The van der Waals surface area contributed by atoms with E-state index in [0.717, 1.165) is 17.3 Å². The highest BCUT2D eigenvalue weighted by atomic mass is 35.5. The highest BCUT2D eigenvalue weighted by Gasteiger charge is 2.44. The zero-order valence-electron chi connectivity index (χ0n) is 17.3. The van der Waals surface area contributed by atoms with E-state index in [4.69, 9.17) is 16.3 Å². The number of nitriles is 1. The number of allylic oxidation sites excluding steroid dienone is 1. The van der Waals surface area contributed by atoms with Gasteiger partial charge in [0.25, 0.3) is 0 Å². The van der Waals surface area contributed by atoms with Crippen molar-refractivity contribution >= 4 is 46.8 Å². The van der Waals surface area contributed by atoms with Gasteiger partial charge in [-0.2, -0.15) is 5.26 Å². The minimum atomic E-state index is -1.24. The predicted molar refractivity (Wildman–Crippen MR) is 123 cm³/mol. The third-order valence-electron chi connectivity index (χ3n) is 4.98. The maximum Gasteiger partial charge on any atom is 0.319 e. The molecule has 2 atom stereocenters. The Labute approximate surface area is 194 Å². The molecule has 1 aliphatic rings. The summed E-state index contributed by atoms with van der Waals surface area (Å²) in [6.45, 7) is 1.88. The minimum absolute atomic E-state index is 0.0364. The number of benzene rings is 2. The third-order valence-corrected chi connectivity index (χ3v) is 6.25. The van der Waals surface area contributed by atoms with E-state index in [1.807, 2.05) is 25.1 Å². The van der Waals surface area contributed by atoms with Crippen LogP contribution in [0.4, 0.5) is 5.69 Å². The number of thioether (sulfide) groups is 1. The third kappa shape index (κ3) is 5.13. The van der Waals surface area contributed by atoms with Crippen LogP contribution in [0.3, 0.4) is 0 Å². The summed E-state index contributed by atoms with van der Waals surface area (Å²) in [4.78, 5) is 37.6. The number of nitrogens with one attached hydrogen (secondary N) is 2. The second kappa shape index (κ2) is 10.4. The van der Waals surface area contributed by atoms with Crippen LogP contribution in [-0.2, 0) is 19.1 Å². The summed E-state index contributed by atoms with van der Waals surface area (Å²) in [6.07, 6.45) is 0. The lowest BCUT2D eigenvalue weighted by molar-refractivity contribution is -0.150. The molecule has 32 heavy (non-hydrogen) atoms. The maximum atomic E-state index is 12.8. The van der Waals surface area contributed by atoms with Crippen molar-refractivity contribution < 1.29 is 19.1 Å². The average molecular weight is 470 g/mol. The standard InChI is InChI=1S/C23H20ClN3O4S/c1-13-5-3-4-6-17(13)26-18(28)12-32-22-16(11-25)19(14-7-9-15(24)10-8-14)20(21(29)27-22)23(30)31-2/h3-10,19-20H,12H2,1-2H3,(H,26,28)(H,27,29). The molecule has 0 radical (unpaired) electrons. The Morgan fingerprint density at radius 2 is 1.91 bits per heavy atom. The predicted octanol–water partition coefficient (Wildman–Crippen LogP) is 3.76. The number of halogens is 1. The van der Waals surface area contributed by atoms with Crippen molar-refractivity contribution in [3.8, 4) is 6.07 Å². The highest BCUT2D eigenvalue weighted by molar-refractivity contribution is 8.03. The molecular weight excluding hydrogens is 450 g/mol. The van der Waals surface area contributed by atoms with Gasteiger partial charge in [0.05, 0.1) is 29.5 Å². The summed E-state index contributed by atoms with van der Waals surface area (Å²) in [5.41, 5.74) is 2.34. The van der Waals surface area contributed by atoms with Crippen LogP contribution in [-0.4, -0.2) is 30.6 Å². The van der Waals surface area contributed by atoms with E-state index in [1.165, 1.54) is 7.11 Å². The van der Waals surface area contributed by atoms with Gasteiger partial charge in [-0.15, -0.1) is 0 Å².